The lowest BCUT2D eigenvalue weighted by Gasteiger charge is -2.18. The summed E-state index contributed by atoms with van der Waals surface area (Å²) in [6, 6.07) is 16.0. The molecule has 0 bridgehead atoms. The van der Waals surface area contributed by atoms with E-state index in [-0.39, 0.29) is 0 Å². The Morgan fingerprint density at radius 1 is 0.862 bits per heavy atom. The van der Waals surface area contributed by atoms with Gasteiger partial charge in [0.25, 0.3) is 0 Å². The average Bonchev–Trinajstić information content (AvgIpc) is 2.76. The maximum atomic E-state index is 9.70. The lowest BCUT2D eigenvalue weighted by Crippen LogP contribution is -2.27. The summed E-state index contributed by atoms with van der Waals surface area (Å²) < 4.78 is 5.96. The molecule has 0 saturated carbocycles. The van der Waals surface area contributed by atoms with Crippen LogP contribution in [0.15, 0.2) is 54.1 Å². The monoisotopic (exact) mass is 395 g/mol. The van der Waals surface area contributed by atoms with Crippen molar-refractivity contribution in [2.75, 3.05) is 26.2 Å². The van der Waals surface area contributed by atoms with Crippen LogP contribution >= 0.6 is 0 Å². The second kappa shape index (κ2) is 12.3. The van der Waals surface area contributed by atoms with Gasteiger partial charge < -0.3 is 14.7 Å². The number of nitrogens with zero attached hydrogens (tertiary/aromatic N) is 1. The first-order chi connectivity index (χ1) is 14.1. The van der Waals surface area contributed by atoms with Crippen LogP contribution < -0.4 is 4.74 Å². The van der Waals surface area contributed by atoms with Crippen LogP contribution in [0.2, 0.25) is 0 Å². The highest BCUT2D eigenvalue weighted by molar-refractivity contribution is 5.82. The van der Waals surface area contributed by atoms with Crippen LogP contribution in [0.3, 0.4) is 0 Å². The fourth-order valence-corrected chi connectivity index (χ4v) is 3.62. The lowest BCUT2D eigenvalue weighted by atomic mass is 9.89. The number of aromatic hydroxyl groups is 1. The van der Waals surface area contributed by atoms with E-state index >= 15 is 0 Å². The summed E-state index contributed by atoms with van der Waals surface area (Å²) in [7, 11) is 0. The Bertz CT molecular complexity index is 743. The summed E-state index contributed by atoms with van der Waals surface area (Å²) in [6.07, 6.45) is 4.51. The predicted molar refractivity (Wildman–Crippen MR) is 124 cm³/mol. The highest BCUT2D eigenvalue weighted by atomic mass is 16.5. The Morgan fingerprint density at radius 2 is 1.45 bits per heavy atom. The minimum absolute atomic E-state index is 0.302. The number of phenolic OH excluding ortho intramolecular Hbond substituents is 1. The molecule has 2 rings (SSSR count). The Balaban J connectivity index is 2.24. The topological polar surface area (TPSA) is 32.7 Å². The Morgan fingerprint density at radius 3 is 1.97 bits per heavy atom. The molecule has 158 valence electrons. The van der Waals surface area contributed by atoms with Crippen LogP contribution in [0.5, 0.6) is 11.5 Å². The SMILES string of the molecule is CCCC/C(CC)=C(/c1ccc(O)cc1)c1ccc(OCCN(CC)CC)cc1. The molecule has 0 aliphatic rings. The number of unbranched alkanes of at least 4 members (excludes halogenated alkanes) is 1. The van der Waals surface area contributed by atoms with Gasteiger partial charge in [0.05, 0.1) is 0 Å². The van der Waals surface area contributed by atoms with Gasteiger partial charge in [0.15, 0.2) is 0 Å². The molecule has 2 aromatic carbocycles. The number of likely N-dealkylation sites (N-methyl/N-ethyl adjacent to an activating group) is 1. The number of benzene rings is 2. The molecule has 0 atom stereocenters. The molecule has 0 aliphatic carbocycles. The summed E-state index contributed by atoms with van der Waals surface area (Å²) in [5, 5.41) is 9.70. The van der Waals surface area contributed by atoms with Gasteiger partial charge in [0, 0.05) is 6.54 Å². The summed E-state index contributed by atoms with van der Waals surface area (Å²) in [6.45, 7) is 12.6. The third kappa shape index (κ3) is 6.93. The first-order valence-corrected chi connectivity index (χ1v) is 11.1. The largest absolute Gasteiger partial charge is 0.508 e. The molecule has 0 saturated heterocycles. The first-order valence-electron chi connectivity index (χ1n) is 11.1. The van der Waals surface area contributed by atoms with Crippen molar-refractivity contribution in [1.29, 1.82) is 0 Å². The molecule has 0 fully saturated rings. The van der Waals surface area contributed by atoms with E-state index in [2.05, 4.69) is 56.9 Å². The van der Waals surface area contributed by atoms with Crippen molar-refractivity contribution >= 4 is 5.57 Å². The van der Waals surface area contributed by atoms with E-state index in [1.807, 2.05) is 12.1 Å². The van der Waals surface area contributed by atoms with E-state index in [1.165, 1.54) is 29.6 Å². The van der Waals surface area contributed by atoms with Crippen molar-refractivity contribution in [1.82, 2.24) is 4.90 Å². The molecular formula is C26H37NO2. The minimum Gasteiger partial charge on any atom is -0.508 e. The molecule has 0 unspecified atom stereocenters. The minimum atomic E-state index is 0.302. The summed E-state index contributed by atoms with van der Waals surface area (Å²) >= 11 is 0. The molecule has 0 radical (unpaired) electrons. The Labute approximate surface area is 177 Å². The maximum absolute atomic E-state index is 9.70. The van der Waals surface area contributed by atoms with Gasteiger partial charge in [-0.1, -0.05) is 64.0 Å². The standard InChI is InChI=1S/C26H37NO2/c1-5-9-10-21(6-2)26(22-11-15-24(28)16-12-22)23-13-17-25(18-14-23)29-20-19-27(7-3)8-4/h11-18,28H,5-10,19-20H2,1-4H3/b26-21-. The third-order valence-electron chi connectivity index (χ3n) is 5.48. The van der Waals surface area contributed by atoms with Crippen molar-refractivity contribution in [3.63, 3.8) is 0 Å². The van der Waals surface area contributed by atoms with Crippen LogP contribution in [0.25, 0.3) is 5.57 Å². The van der Waals surface area contributed by atoms with E-state index in [1.54, 1.807) is 12.1 Å². The van der Waals surface area contributed by atoms with E-state index in [4.69, 9.17) is 4.74 Å². The fourth-order valence-electron chi connectivity index (χ4n) is 3.62. The van der Waals surface area contributed by atoms with E-state index in [9.17, 15) is 5.11 Å². The van der Waals surface area contributed by atoms with Gasteiger partial charge in [-0.15, -0.1) is 0 Å². The van der Waals surface area contributed by atoms with Crippen molar-refractivity contribution in [2.24, 2.45) is 0 Å². The van der Waals surface area contributed by atoms with Gasteiger partial charge >= 0.3 is 0 Å². The molecule has 3 heteroatoms. The van der Waals surface area contributed by atoms with Gasteiger partial charge in [-0.2, -0.15) is 0 Å². The highest BCUT2D eigenvalue weighted by Crippen LogP contribution is 2.33. The molecule has 0 aromatic heterocycles. The van der Waals surface area contributed by atoms with Crippen molar-refractivity contribution < 1.29 is 9.84 Å². The number of hydrogen-bond donors (Lipinski definition) is 1. The molecule has 0 aliphatic heterocycles. The van der Waals surface area contributed by atoms with Crippen LogP contribution in [0, 0.1) is 0 Å². The normalized spacial score (nSPS) is 12.2. The van der Waals surface area contributed by atoms with Crippen LogP contribution in [-0.2, 0) is 0 Å². The quantitative estimate of drug-likeness (QED) is 0.444. The molecule has 0 spiro atoms. The van der Waals surface area contributed by atoms with Gasteiger partial charge in [-0.25, -0.2) is 0 Å². The summed E-state index contributed by atoms with van der Waals surface area (Å²) in [5.74, 6) is 1.22. The Hall–Kier alpha value is -2.26. The van der Waals surface area contributed by atoms with Crippen molar-refractivity contribution in [2.45, 2.75) is 53.4 Å². The first kappa shape index (κ1) is 23.0. The van der Waals surface area contributed by atoms with Crippen molar-refractivity contribution in [3.05, 3.63) is 65.2 Å². The van der Waals surface area contributed by atoms with E-state index in [0.29, 0.717) is 12.4 Å². The summed E-state index contributed by atoms with van der Waals surface area (Å²) in [4.78, 5) is 2.36. The van der Waals surface area contributed by atoms with Gasteiger partial charge in [0.2, 0.25) is 0 Å². The fraction of sp³-hybridized carbons (Fsp3) is 0.462. The van der Waals surface area contributed by atoms with Crippen LogP contribution in [-0.4, -0.2) is 36.2 Å². The zero-order valence-electron chi connectivity index (χ0n) is 18.6. The zero-order valence-corrected chi connectivity index (χ0v) is 18.6. The number of allylic oxidation sites excluding steroid dienone is 1. The van der Waals surface area contributed by atoms with Crippen LogP contribution in [0.4, 0.5) is 0 Å². The number of phenols is 1. The maximum Gasteiger partial charge on any atom is 0.119 e. The second-order valence-corrected chi connectivity index (χ2v) is 7.38. The van der Waals surface area contributed by atoms with Gasteiger partial charge in [0.1, 0.15) is 18.1 Å². The number of hydrogen-bond acceptors (Lipinski definition) is 3. The molecule has 0 heterocycles. The van der Waals surface area contributed by atoms with Gasteiger partial charge in [-0.3, -0.25) is 0 Å². The van der Waals surface area contributed by atoms with Gasteiger partial charge in [-0.05, 0) is 73.3 Å². The lowest BCUT2D eigenvalue weighted by molar-refractivity contribution is 0.223. The second-order valence-electron chi connectivity index (χ2n) is 7.38. The molecular weight excluding hydrogens is 358 g/mol. The molecule has 29 heavy (non-hydrogen) atoms. The zero-order chi connectivity index (χ0) is 21.1. The van der Waals surface area contributed by atoms with Crippen molar-refractivity contribution in [3.8, 4) is 11.5 Å². The Kier molecular flexibility index (Phi) is 9.79. The van der Waals surface area contributed by atoms with E-state index < -0.39 is 0 Å². The predicted octanol–water partition coefficient (Wildman–Crippen LogP) is 6.51. The molecule has 0 amide bonds. The van der Waals surface area contributed by atoms with Crippen LogP contribution in [0.1, 0.15) is 64.5 Å². The number of rotatable bonds is 12. The highest BCUT2D eigenvalue weighted by Gasteiger charge is 2.12. The molecule has 1 N–H and O–H groups in total. The third-order valence-corrected chi connectivity index (χ3v) is 5.48. The number of ether oxygens (including phenoxy) is 1. The molecule has 2 aromatic rings. The summed E-state index contributed by atoms with van der Waals surface area (Å²) in [5.41, 5.74) is 5.12. The molecule has 3 nitrogen and oxygen atoms in total. The van der Waals surface area contributed by atoms with E-state index in [0.717, 1.165) is 43.8 Å². The smallest absolute Gasteiger partial charge is 0.119 e. The average molecular weight is 396 g/mol.